The fourth-order valence-corrected chi connectivity index (χ4v) is 3.40. The number of rotatable bonds is 5. The molecule has 100 valence electrons. The van der Waals surface area contributed by atoms with Gasteiger partial charge in [-0.25, -0.2) is 4.98 Å². The number of piperidine rings is 1. The first-order valence-corrected chi connectivity index (χ1v) is 7.93. The molecule has 2 fully saturated rings. The van der Waals surface area contributed by atoms with E-state index in [1.54, 1.807) is 11.5 Å². The number of hydrogen-bond acceptors (Lipinski definition) is 5. The number of anilines is 1. The maximum absolute atomic E-state index is 4.73. The van der Waals surface area contributed by atoms with Crippen LogP contribution in [0, 0.1) is 5.92 Å². The fraction of sp³-hybridized carbons (Fsp3) is 0.846. The molecule has 1 saturated carbocycles. The van der Waals surface area contributed by atoms with Gasteiger partial charge in [-0.1, -0.05) is 0 Å². The van der Waals surface area contributed by atoms with Crippen LogP contribution in [0.1, 0.15) is 44.3 Å². The SMILES string of the molecule is CCN(CC1CCNCC1)c1nc(C2CC2)ns1. The molecule has 18 heavy (non-hydrogen) atoms. The van der Waals surface area contributed by atoms with Crippen LogP contribution >= 0.6 is 11.5 Å². The summed E-state index contributed by atoms with van der Waals surface area (Å²) >= 11 is 1.59. The average Bonchev–Trinajstić information content (AvgIpc) is 3.16. The molecule has 0 bridgehead atoms. The Bertz CT molecular complexity index is 382. The van der Waals surface area contributed by atoms with Gasteiger partial charge >= 0.3 is 0 Å². The van der Waals surface area contributed by atoms with Crippen LogP contribution in [0.2, 0.25) is 0 Å². The molecule has 0 atom stereocenters. The molecule has 1 aromatic heterocycles. The monoisotopic (exact) mass is 266 g/mol. The highest BCUT2D eigenvalue weighted by Gasteiger charge is 2.28. The number of nitrogens with zero attached hydrogens (tertiary/aromatic N) is 3. The Morgan fingerprint density at radius 2 is 2.06 bits per heavy atom. The van der Waals surface area contributed by atoms with E-state index in [1.807, 2.05) is 0 Å². The summed E-state index contributed by atoms with van der Waals surface area (Å²) in [7, 11) is 0. The molecular weight excluding hydrogens is 244 g/mol. The molecule has 1 aromatic rings. The minimum absolute atomic E-state index is 0.674. The van der Waals surface area contributed by atoms with E-state index in [0.29, 0.717) is 5.92 Å². The van der Waals surface area contributed by atoms with Crippen molar-refractivity contribution in [2.24, 2.45) is 5.92 Å². The van der Waals surface area contributed by atoms with E-state index in [-0.39, 0.29) is 0 Å². The van der Waals surface area contributed by atoms with E-state index in [1.165, 1.54) is 38.8 Å². The van der Waals surface area contributed by atoms with Crippen molar-refractivity contribution in [3.8, 4) is 0 Å². The van der Waals surface area contributed by atoms with Gasteiger partial charge in [0.1, 0.15) is 5.82 Å². The lowest BCUT2D eigenvalue weighted by molar-refractivity contribution is 0.374. The van der Waals surface area contributed by atoms with Crippen molar-refractivity contribution in [2.45, 2.75) is 38.5 Å². The van der Waals surface area contributed by atoms with Crippen molar-refractivity contribution >= 4 is 16.7 Å². The van der Waals surface area contributed by atoms with Crippen molar-refractivity contribution in [2.75, 3.05) is 31.1 Å². The highest BCUT2D eigenvalue weighted by molar-refractivity contribution is 7.09. The van der Waals surface area contributed by atoms with Crippen LogP contribution in [0.3, 0.4) is 0 Å². The molecule has 2 aliphatic rings. The second-order valence-corrected chi connectivity index (χ2v) is 6.17. The molecule has 4 nitrogen and oxygen atoms in total. The molecule has 0 amide bonds. The first-order chi connectivity index (χ1) is 8.86. The Morgan fingerprint density at radius 1 is 1.28 bits per heavy atom. The van der Waals surface area contributed by atoms with Crippen molar-refractivity contribution in [1.82, 2.24) is 14.7 Å². The molecule has 5 heteroatoms. The summed E-state index contributed by atoms with van der Waals surface area (Å²) in [6, 6.07) is 0. The zero-order valence-electron chi connectivity index (χ0n) is 11.1. The van der Waals surface area contributed by atoms with Crippen LogP contribution in [0.5, 0.6) is 0 Å². The third kappa shape index (κ3) is 2.83. The van der Waals surface area contributed by atoms with E-state index in [2.05, 4.69) is 21.5 Å². The van der Waals surface area contributed by atoms with Gasteiger partial charge in [0, 0.05) is 30.5 Å². The molecule has 1 N–H and O–H groups in total. The largest absolute Gasteiger partial charge is 0.347 e. The molecule has 0 unspecified atom stereocenters. The predicted octanol–water partition coefficient (Wildman–Crippen LogP) is 2.24. The second kappa shape index (κ2) is 5.53. The van der Waals surface area contributed by atoms with E-state index in [9.17, 15) is 0 Å². The lowest BCUT2D eigenvalue weighted by Gasteiger charge is -2.28. The van der Waals surface area contributed by atoms with E-state index < -0.39 is 0 Å². The maximum atomic E-state index is 4.73. The molecule has 0 aromatic carbocycles. The van der Waals surface area contributed by atoms with Gasteiger partial charge in [0.05, 0.1) is 0 Å². The highest BCUT2D eigenvalue weighted by Crippen LogP contribution is 2.39. The third-order valence-electron chi connectivity index (χ3n) is 3.96. The van der Waals surface area contributed by atoms with Crippen molar-refractivity contribution < 1.29 is 0 Å². The number of hydrogen-bond donors (Lipinski definition) is 1. The van der Waals surface area contributed by atoms with Crippen LogP contribution in [-0.2, 0) is 0 Å². The van der Waals surface area contributed by atoms with Crippen LogP contribution in [0.15, 0.2) is 0 Å². The van der Waals surface area contributed by atoms with E-state index in [0.717, 1.165) is 30.0 Å². The summed E-state index contributed by atoms with van der Waals surface area (Å²) in [6.07, 6.45) is 5.17. The van der Waals surface area contributed by atoms with Crippen LogP contribution < -0.4 is 10.2 Å². The summed E-state index contributed by atoms with van der Waals surface area (Å²) in [4.78, 5) is 7.14. The van der Waals surface area contributed by atoms with Crippen LogP contribution in [-0.4, -0.2) is 35.5 Å². The normalized spacial score (nSPS) is 21.2. The van der Waals surface area contributed by atoms with Gasteiger partial charge in [0.25, 0.3) is 0 Å². The van der Waals surface area contributed by atoms with Crippen LogP contribution in [0.4, 0.5) is 5.13 Å². The summed E-state index contributed by atoms with van der Waals surface area (Å²) in [6.45, 7) is 6.76. The zero-order valence-corrected chi connectivity index (χ0v) is 11.9. The predicted molar refractivity (Wildman–Crippen MR) is 75.4 cm³/mol. The van der Waals surface area contributed by atoms with Gasteiger partial charge in [-0.3, -0.25) is 0 Å². The Morgan fingerprint density at radius 3 is 2.72 bits per heavy atom. The van der Waals surface area contributed by atoms with Crippen molar-refractivity contribution in [1.29, 1.82) is 0 Å². The molecule has 0 radical (unpaired) electrons. The fourth-order valence-electron chi connectivity index (χ4n) is 2.58. The van der Waals surface area contributed by atoms with Gasteiger partial charge in [-0.2, -0.15) is 4.37 Å². The van der Waals surface area contributed by atoms with Crippen molar-refractivity contribution in [3.05, 3.63) is 5.82 Å². The van der Waals surface area contributed by atoms with Gasteiger partial charge in [0.15, 0.2) is 0 Å². The van der Waals surface area contributed by atoms with Gasteiger partial charge in [0.2, 0.25) is 5.13 Å². The lowest BCUT2D eigenvalue weighted by Crippen LogP contribution is -2.36. The third-order valence-corrected chi connectivity index (χ3v) is 4.75. The number of nitrogens with one attached hydrogen (secondary N) is 1. The van der Waals surface area contributed by atoms with Gasteiger partial charge in [-0.15, -0.1) is 0 Å². The average molecular weight is 266 g/mol. The van der Waals surface area contributed by atoms with Gasteiger partial charge < -0.3 is 10.2 Å². The molecule has 3 rings (SSSR count). The number of aromatic nitrogens is 2. The molecule has 1 aliphatic heterocycles. The second-order valence-electron chi connectivity index (χ2n) is 5.44. The molecule has 1 saturated heterocycles. The molecule has 1 aliphatic carbocycles. The van der Waals surface area contributed by atoms with E-state index in [4.69, 9.17) is 4.98 Å². The first-order valence-electron chi connectivity index (χ1n) is 7.16. The molecule has 0 spiro atoms. The van der Waals surface area contributed by atoms with Crippen LogP contribution in [0.25, 0.3) is 0 Å². The summed E-state index contributed by atoms with van der Waals surface area (Å²) in [5, 5.41) is 4.57. The topological polar surface area (TPSA) is 41.0 Å². The first kappa shape index (κ1) is 12.4. The lowest BCUT2D eigenvalue weighted by atomic mass is 9.98. The highest BCUT2D eigenvalue weighted by atomic mass is 32.1. The Hall–Kier alpha value is -0.680. The molecule has 2 heterocycles. The Labute approximate surface area is 113 Å². The van der Waals surface area contributed by atoms with Gasteiger partial charge in [-0.05, 0) is 51.6 Å². The summed E-state index contributed by atoms with van der Waals surface area (Å²) < 4.78 is 4.52. The minimum atomic E-state index is 0.674. The minimum Gasteiger partial charge on any atom is -0.347 e. The molecular formula is C13H22N4S. The maximum Gasteiger partial charge on any atom is 0.205 e. The van der Waals surface area contributed by atoms with Crippen molar-refractivity contribution in [3.63, 3.8) is 0 Å². The summed E-state index contributed by atoms with van der Waals surface area (Å²) in [5.41, 5.74) is 0. The quantitative estimate of drug-likeness (QED) is 0.887. The standard InChI is InChI=1S/C13H22N4S/c1-2-17(9-10-5-7-14-8-6-10)13-15-12(16-18-13)11-3-4-11/h10-11,14H,2-9H2,1H3. The Balaban J connectivity index is 1.62. The smallest absolute Gasteiger partial charge is 0.205 e. The van der Waals surface area contributed by atoms with E-state index >= 15 is 0 Å². The zero-order chi connectivity index (χ0) is 12.4. The Kier molecular flexibility index (Phi) is 3.80. The summed E-state index contributed by atoms with van der Waals surface area (Å²) in [5.74, 6) is 2.59.